The van der Waals surface area contributed by atoms with Crippen molar-refractivity contribution in [1.82, 2.24) is 5.32 Å². The second-order valence-corrected chi connectivity index (χ2v) is 6.04. The highest BCUT2D eigenvalue weighted by Gasteiger charge is 2.30. The van der Waals surface area contributed by atoms with Crippen LogP contribution in [0.25, 0.3) is 0 Å². The first-order valence-corrected chi connectivity index (χ1v) is 7.64. The molecular formula is C16H14F3NS. The van der Waals surface area contributed by atoms with Gasteiger partial charge in [-0.3, -0.25) is 0 Å². The Balaban J connectivity index is 1.69. The van der Waals surface area contributed by atoms with Gasteiger partial charge in [0.15, 0.2) is 0 Å². The zero-order valence-corrected chi connectivity index (χ0v) is 12.0. The quantitative estimate of drug-likeness (QED) is 0.886. The standard InChI is InChI=1S/C16H14F3NS/c17-16(18,19)12-5-3-4-11(8-12)9-20-14-10-21-15-7-2-1-6-13(14)15/h1-8,14,20H,9-10H2. The fourth-order valence-corrected chi connectivity index (χ4v) is 3.63. The number of rotatable bonds is 3. The minimum Gasteiger partial charge on any atom is -0.305 e. The number of hydrogen-bond acceptors (Lipinski definition) is 2. The molecule has 21 heavy (non-hydrogen) atoms. The zero-order valence-electron chi connectivity index (χ0n) is 11.2. The molecular weight excluding hydrogens is 295 g/mol. The number of benzene rings is 2. The van der Waals surface area contributed by atoms with E-state index >= 15 is 0 Å². The van der Waals surface area contributed by atoms with Crippen molar-refractivity contribution in [3.63, 3.8) is 0 Å². The number of thioether (sulfide) groups is 1. The Morgan fingerprint density at radius 2 is 1.90 bits per heavy atom. The maximum Gasteiger partial charge on any atom is 0.416 e. The van der Waals surface area contributed by atoms with Crippen molar-refractivity contribution in [3.8, 4) is 0 Å². The summed E-state index contributed by atoms with van der Waals surface area (Å²) >= 11 is 1.78. The number of alkyl halides is 3. The van der Waals surface area contributed by atoms with E-state index in [2.05, 4.69) is 17.4 Å². The Kier molecular flexibility index (Phi) is 3.95. The van der Waals surface area contributed by atoms with Crippen molar-refractivity contribution in [2.75, 3.05) is 5.75 Å². The molecule has 0 saturated heterocycles. The third-order valence-corrected chi connectivity index (χ3v) is 4.69. The Morgan fingerprint density at radius 3 is 2.71 bits per heavy atom. The molecule has 2 aromatic rings. The molecule has 1 N–H and O–H groups in total. The van der Waals surface area contributed by atoms with E-state index in [1.807, 2.05) is 12.1 Å². The van der Waals surface area contributed by atoms with Crippen LogP contribution in [0, 0.1) is 0 Å². The summed E-state index contributed by atoms with van der Waals surface area (Å²) in [5.74, 6) is 0.915. The lowest BCUT2D eigenvalue weighted by Gasteiger charge is -2.14. The molecule has 0 amide bonds. The molecule has 0 aliphatic carbocycles. The molecule has 5 heteroatoms. The van der Waals surface area contributed by atoms with Gasteiger partial charge in [0, 0.05) is 23.2 Å². The van der Waals surface area contributed by atoms with E-state index in [9.17, 15) is 13.2 Å². The number of hydrogen-bond donors (Lipinski definition) is 1. The number of nitrogens with one attached hydrogen (secondary N) is 1. The molecule has 0 fully saturated rings. The largest absolute Gasteiger partial charge is 0.416 e. The van der Waals surface area contributed by atoms with Crippen LogP contribution in [0.1, 0.15) is 22.7 Å². The van der Waals surface area contributed by atoms with Crippen molar-refractivity contribution in [2.45, 2.75) is 23.7 Å². The van der Waals surface area contributed by atoms with E-state index in [0.717, 1.165) is 11.8 Å². The first kappa shape index (κ1) is 14.5. The van der Waals surface area contributed by atoms with Crippen molar-refractivity contribution in [3.05, 3.63) is 65.2 Å². The van der Waals surface area contributed by atoms with Gasteiger partial charge in [0.2, 0.25) is 0 Å². The zero-order chi connectivity index (χ0) is 14.9. The highest BCUT2D eigenvalue weighted by Crippen LogP contribution is 2.38. The lowest BCUT2D eigenvalue weighted by molar-refractivity contribution is -0.137. The number of halogens is 3. The summed E-state index contributed by atoms with van der Waals surface area (Å²) in [5.41, 5.74) is 1.29. The van der Waals surface area contributed by atoms with Gasteiger partial charge < -0.3 is 5.32 Å². The summed E-state index contributed by atoms with van der Waals surface area (Å²) in [6.07, 6.45) is -4.29. The van der Waals surface area contributed by atoms with Crippen LogP contribution in [0.15, 0.2) is 53.4 Å². The van der Waals surface area contributed by atoms with Crippen LogP contribution in [0.5, 0.6) is 0 Å². The molecule has 1 nitrogen and oxygen atoms in total. The van der Waals surface area contributed by atoms with Crippen LogP contribution >= 0.6 is 11.8 Å². The maximum absolute atomic E-state index is 12.7. The average molecular weight is 309 g/mol. The smallest absolute Gasteiger partial charge is 0.305 e. The van der Waals surface area contributed by atoms with Crippen molar-refractivity contribution < 1.29 is 13.2 Å². The highest BCUT2D eigenvalue weighted by molar-refractivity contribution is 7.99. The van der Waals surface area contributed by atoms with Gasteiger partial charge in [0.25, 0.3) is 0 Å². The van der Waals surface area contributed by atoms with Gasteiger partial charge in [-0.25, -0.2) is 0 Å². The highest BCUT2D eigenvalue weighted by atomic mass is 32.2. The Hall–Kier alpha value is -1.46. The summed E-state index contributed by atoms with van der Waals surface area (Å²) in [5, 5.41) is 3.34. The molecule has 0 spiro atoms. The van der Waals surface area contributed by atoms with E-state index in [-0.39, 0.29) is 6.04 Å². The third-order valence-electron chi connectivity index (χ3n) is 3.51. The van der Waals surface area contributed by atoms with E-state index in [1.54, 1.807) is 17.8 Å². The molecule has 1 atom stereocenters. The lowest BCUT2D eigenvalue weighted by atomic mass is 10.1. The third kappa shape index (κ3) is 3.24. The second-order valence-electron chi connectivity index (χ2n) is 4.98. The van der Waals surface area contributed by atoms with Crippen molar-refractivity contribution in [1.29, 1.82) is 0 Å². The van der Waals surface area contributed by atoms with Gasteiger partial charge in [-0.1, -0.05) is 36.4 Å². The molecule has 3 rings (SSSR count). The fourth-order valence-electron chi connectivity index (χ4n) is 2.43. The van der Waals surface area contributed by atoms with Crippen LogP contribution in [0.3, 0.4) is 0 Å². The molecule has 2 aromatic carbocycles. The molecule has 0 saturated carbocycles. The van der Waals surface area contributed by atoms with Crippen LogP contribution < -0.4 is 5.32 Å². The Morgan fingerprint density at radius 1 is 1.10 bits per heavy atom. The normalized spacial score (nSPS) is 17.8. The first-order chi connectivity index (χ1) is 10.0. The molecule has 0 aromatic heterocycles. The molecule has 1 aliphatic rings. The van der Waals surface area contributed by atoms with Gasteiger partial charge in [-0.2, -0.15) is 13.2 Å². The SMILES string of the molecule is FC(F)(F)c1cccc(CNC2CSc3ccccc32)c1. The van der Waals surface area contributed by atoms with Gasteiger partial charge >= 0.3 is 6.18 Å². The molecule has 1 aliphatic heterocycles. The van der Waals surface area contributed by atoms with Crippen molar-refractivity contribution >= 4 is 11.8 Å². The summed E-state index contributed by atoms with van der Waals surface area (Å²) < 4.78 is 38.0. The van der Waals surface area contributed by atoms with Crippen LogP contribution in [-0.2, 0) is 12.7 Å². The average Bonchev–Trinajstić information content (AvgIpc) is 2.88. The van der Waals surface area contributed by atoms with Crippen molar-refractivity contribution in [2.24, 2.45) is 0 Å². The summed E-state index contributed by atoms with van der Waals surface area (Å²) in [7, 11) is 0. The first-order valence-electron chi connectivity index (χ1n) is 6.65. The predicted octanol–water partition coefficient (Wildman–Crippen LogP) is 4.64. The minimum atomic E-state index is -4.29. The van der Waals surface area contributed by atoms with E-state index in [1.165, 1.54) is 22.6 Å². The monoisotopic (exact) mass is 309 g/mol. The van der Waals surface area contributed by atoms with Crippen LogP contribution in [0.2, 0.25) is 0 Å². The Labute approximate surface area is 125 Å². The number of fused-ring (bicyclic) bond motifs is 1. The predicted molar refractivity (Wildman–Crippen MR) is 78.2 cm³/mol. The van der Waals surface area contributed by atoms with Gasteiger partial charge in [0.1, 0.15) is 0 Å². The maximum atomic E-state index is 12.7. The van der Waals surface area contributed by atoms with Gasteiger partial charge in [-0.15, -0.1) is 11.8 Å². The second kappa shape index (κ2) is 5.73. The summed E-state index contributed by atoms with van der Waals surface area (Å²) in [4.78, 5) is 1.25. The minimum absolute atomic E-state index is 0.195. The molecule has 0 bridgehead atoms. The molecule has 0 radical (unpaired) electrons. The van der Waals surface area contributed by atoms with Crippen LogP contribution in [-0.4, -0.2) is 5.75 Å². The van der Waals surface area contributed by atoms with E-state index in [0.29, 0.717) is 12.1 Å². The summed E-state index contributed by atoms with van der Waals surface area (Å²) in [6.45, 7) is 0.434. The topological polar surface area (TPSA) is 12.0 Å². The Bertz CT molecular complexity index is 639. The van der Waals surface area contributed by atoms with E-state index in [4.69, 9.17) is 0 Å². The molecule has 1 unspecified atom stereocenters. The fraction of sp³-hybridized carbons (Fsp3) is 0.250. The van der Waals surface area contributed by atoms with Crippen LogP contribution in [0.4, 0.5) is 13.2 Å². The van der Waals surface area contributed by atoms with Gasteiger partial charge in [-0.05, 0) is 23.3 Å². The van der Waals surface area contributed by atoms with E-state index < -0.39 is 11.7 Å². The van der Waals surface area contributed by atoms with Gasteiger partial charge in [0.05, 0.1) is 5.56 Å². The summed E-state index contributed by atoms with van der Waals surface area (Å²) in [6, 6.07) is 13.8. The molecule has 110 valence electrons. The lowest BCUT2D eigenvalue weighted by Crippen LogP contribution is -2.20. The molecule has 1 heterocycles.